The molecule has 0 spiro atoms. The minimum Gasteiger partial charge on any atom is -0.350 e. The minimum atomic E-state index is -0.508. The van der Waals surface area contributed by atoms with Gasteiger partial charge in [-0.1, -0.05) is 30.3 Å². The first-order chi connectivity index (χ1) is 9.66. The molecule has 5 nitrogen and oxygen atoms in total. The van der Waals surface area contributed by atoms with Gasteiger partial charge >= 0.3 is 0 Å². The number of hydrogen-bond donors (Lipinski definition) is 3. The van der Waals surface area contributed by atoms with Crippen LogP contribution in [0.2, 0.25) is 0 Å². The summed E-state index contributed by atoms with van der Waals surface area (Å²) in [6.45, 7) is 3.75. The monoisotopic (exact) mass is 311 g/mol. The molecule has 1 aliphatic heterocycles. The van der Waals surface area contributed by atoms with E-state index in [0.717, 1.165) is 18.5 Å². The Morgan fingerprint density at radius 1 is 1.33 bits per heavy atom. The number of rotatable bonds is 5. The lowest BCUT2D eigenvalue weighted by atomic mass is 10.1. The fraction of sp³-hybridized carbons (Fsp3) is 0.467. The summed E-state index contributed by atoms with van der Waals surface area (Å²) < 4.78 is 0. The molecule has 1 saturated heterocycles. The van der Waals surface area contributed by atoms with Gasteiger partial charge in [-0.05, 0) is 25.5 Å². The molecule has 21 heavy (non-hydrogen) atoms. The van der Waals surface area contributed by atoms with Crippen molar-refractivity contribution in [2.75, 3.05) is 13.1 Å². The summed E-state index contributed by atoms with van der Waals surface area (Å²) >= 11 is 0. The molecule has 2 rings (SSSR count). The van der Waals surface area contributed by atoms with Gasteiger partial charge in [-0.3, -0.25) is 9.59 Å². The van der Waals surface area contributed by atoms with Gasteiger partial charge in [-0.25, -0.2) is 0 Å². The van der Waals surface area contributed by atoms with Crippen molar-refractivity contribution in [1.29, 1.82) is 0 Å². The molecule has 1 heterocycles. The van der Waals surface area contributed by atoms with Gasteiger partial charge in [0, 0.05) is 13.1 Å². The zero-order valence-electron chi connectivity index (χ0n) is 12.1. The highest BCUT2D eigenvalue weighted by atomic mass is 35.5. The third kappa shape index (κ3) is 5.36. The van der Waals surface area contributed by atoms with Gasteiger partial charge in [-0.15, -0.1) is 12.4 Å². The van der Waals surface area contributed by atoms with Crippen LogP contribution < -0.4 is 16.0 Å². The second-order valence-electron chi connectivity index (χ2n) is 5.12. The van der Waals surface area contributed by atoms with E-state index in [1.807, 2.05) is 30.3 Å². The number of carbonyl (C=O) groups excluding carboxylic acids is 2. The molecule has 0 bridgehead atoms. The molecule has 116 valence electrons. The highest BCUT2D eigenvalue weighted by Gasteiger charge is 2.25. The molecule has 3 N–H and O–H groups in total. The quantitative estimate of drug-likeness (QED) is 0.754. The second kappa shape index (κ2) is 8.64. The average molecular weight is 312 g/mol. The number of carbonyl (C=O) groups is 2. The van der Waals surface area contributed by atoms with E-state index < -0.39 is 6.04 Å². The predicted octanol–water partition coefficient (Wildman–Crippen LogP) is 0.839. The van der Waals surface area contributed by atoms with Gasteiger partial charge in [0.05, 0.1) is 5.92 Å². The smallest absolute Gasteiger partial charge is 0.242 e. The first-order valence-corrected chi connectivity index (χ1v) is 6.99. The molecule has 0 radical (unpaired) electrons. The Balaban J connectivity index is 0.00000220. The van der Waals surface area contributed by atoms with E-state index in [2.05, 4.69) is 16.0 Å². The third-order valence-electron chi connectivity index (χ3n) is 3.49. The van der Waals surface area contributed by atoms with Crippen LogP contribution in [-0.4, -0.2) is 30.9 Å². The van der Waals surface area contributed by atoms with Crippen LogP contribution >= 0.6 is 12.4 Å². The summed E-state index contributed by atoms with van der Waals surface area (Å²) in [5.41, 5.74) is 1.04. The number of nitrogens with one attached hydrogen (secondary N) is 3. The number of benzene rings is 1. The molecule has 1 aromatic carbocycles. The standard InChI is InChI=1S/C15H21N3O2.ClH/c1-11(18-15(20)13-7-8-16-10-13)14(19)17-9-12-5-3-2-4-6-12;/h2-6,11,13,16H,7-10H2,1H3,(H,17,19)(H,18,20);1H. The van der Waals surface area contributed by atoms with Crippen LogP contribution in [-0.2, 0) is 16.1 Å². The van der Waals surface area contributed by atoms with E-state index in [1.165, 1.54) is 0 Å². The summed E-state index contributed by atoms with van der Waals surface area (Å²) in [7, 11) is 0. The summed E-state index contributed by atoms with van der Waals surface area (Å²) in [6, 6.07) is 9.19. The first kappa shape index (κ1) is 17.5. The zero-order chi connectivity index (χ0) is 14.4. The Kier molecular flexibility index (Phi) is 7.19. The van der Waals surface area contributed by atoms with E-state index >= 15 is 0 Å². The maximum atomic E-state index is 11.9. The molecule has 2 amide bonds. The predicted molar refractivity (Wildman–Crippen MR) is 84.1 cm³/mol. The van der Waals surface area contributed by atoms with Crippen molar-refractivity contribution in [2.45, 2.75) is 25.9 Å². The van der Waals surface area contributed by atoms with E-state index in [0.29, 0.717) is 13.1 Å². The minimum absolute atomic E-state index is 0. The number of halogens is 1. The Labute approximate surface area is 131 Å². The first-order valence-electron chi connectivity index (χ1n) is 6.99. The fourth-order valence-electron chi connectivity index (χ4n) is 2.21. The van der Waals surface area contributed by atoms with Crippen molar-refractivity contribution in [2.24, 2.45) is 5.92 Å². The Hall–Kier alpha value is -1.59. The number of amides is 2. The second-order valence-corrected chi connectivity index (χ2v) is 5.12. The summed E-state index contributed by atoms with van der Waals surface area (Å²) in [4.78, 5) is 23.8. The maximum absolute atomic E-state index is 11.9. The molecule has 0 aromatic heterocycles. The fourth-order valence-corrected chi connectivity index (χ4v) is 2.21. The topological polar surface area (TPSA) is 70.2 Å². The highest BCUT2D eigenvalue weighted by Crippen LogP contribution is 2.07. The molecule has 1 aliphatic rings. The van der Waals surface area contributed by atoms with Crippen LogP contribution in [0.4, 0.5) is 0 Å². The van der Waals surface area contributed by atoms with E-state index in [4.69, 9.17) is 0 Å². The molecule has 2 atom stereocenters. The largest absolute Gasteiger partial charge is 0.350 e. The van der Waals surface area contributed by atoms with Crippen LogP contribution in [0, 0.1) is 5.92 Å². The van der Waals surface area contributed by atoms with E-state index in [-0.39, 0.29) is 30.1 Å². The van der Waals surface area contributed by atoms with Crippen molar-refractivity contribution >= 4 is 24.2 Å². The van der Waals surface area contributed by atoms with Gasteiger partial charge in [0.2, 0.25) is 11.8 Å². The Morgan fingerprint density at radius 3 is 2.67 bits per heavy atom. The van der Waals surface area contributed by atoms with Crippen molar-refractivity contribution in [3.63, 3.8) is 0 Å². The molecule has 1 aromatic rings. The summed E-state index contributed by atoms with van der Waals surface area (Å²) in [5, 5.41) is 8.73. The lowest BCUT2D eigenvalue weighted by molar-refractivity contribution is -0.130. The normalized spacial score (nSPS) is 18.4. The van der Waals surface area contributed by atoms with Crippen molar-refractivity contribution < 1.29 is 9.59 Å². The van der Waals surface area contributed by atoms with Gasteiger partial charge in [-0.2, -0.15) is 0 Å². The summed E-state index contributed by atoms with van der Waals surface area (Å²) in [5.74, 6) is -0.218. The Bertz CT molecular complexity index is 461. The van der Waals surface area contributed by atoms with Crippen LogP contribution in [0.1, 0.15) is 18.9 Å². The maximum Gasteiger partial charge on any atom is 0.242 e. The van der Waals surface area contributed by atoms with Crippen molar-refractivity contribution in [1.82, 2.24) is 16.0 Å². The van der Waals surface area contributed by atoms with Crippen LogP contribution in [0.15, 0.2) is 30.3 Å². The van der Waals surface area contributed by atoms with Crippen molar-refractivity contribution in [3.8, 4) is 0 Å². The van der Waals surface area contributed by atoms with Gasteiger partial charge in [0.1, 0.15) is 6.04 Å². The molecule has 6 heteroatoms. The lowest BCUT2D eigenvalue weighted by Gasteiger charge is -2.16. The SMILES string of the molecule is CC(NC(=O)C1CCNC1)C(=O)NCc1ccccc1.Cl. The highest BCUT2D eigenvalue weighted by molar-refractivity contribution is 5.88. The molecule has 1 fully saturated rings. The zero-order valence-corrected chi connectivity index (χ0v) is 12.9. The lowest BCUT2D eigenvalue weighted by Crippen LogP contribution is -2.46. The molecule has 0 saturated carbocycles. The van der Waals surface area contributed by atoms with Crippen molar-refractivity contribution in [3.05, 3.63) is 35.9 Å². The Morgan fingerprint density at radius 2 is 2.05 bits per heavy atom. The molecular formula is C15H22ClN3O2. The molecular weight excluding hydrogens is 290 g/mol. The average Bonchev–Trinajstić information content (AvgIpc) is 3.00. The number of hydrogen-bond acceptors (Lipinski definition) is 3. The van der Waals surface area contributed by atoms with Crippen LogP contribution in [0.25, 0.3) is 0 Å². The summed E-state index contributed by atoms with van der Waals surface area (Å²) in [6.07, 6.45) is 0.837. The van der Waals surface area contributed by atoms with Crippen LogP contribution in [0.5, 0.6) is 0 Å². The van der Waals surface area contributed by atoms with Gasteiger partial charge in [0.25, 0.3) is 0 Å². The van der Waals surface area contributed by atoms with E-state index in [1.54, 1.807) is 6.92 Å². The third-order valence-corrected chi connectivity index (χ3v) is 3.49. The molecule has 0 aliphatic carbocycles. The van der Waals surface area contributed by atoms with Crippen LogP contribution in [0.3, 0.4) is 0 Å². The van der Waals surface area contributed by atoms with E-state index in [9.17, 15) is 9.59 Å². The van der Waals surface area contributed by atoms with Gasteiger partial charge < -0.3 is 16.0 Å². The molecule has 2 unspecified atom stereocenters. The van der Waals surface area contributed by atoms with Gasteiger partial charge in [0.15, 0.2) is 0 Å².